The van der Waals surface area contributed by atoms with Crippen LogP contribution in [-0.4, -0.2) is 58.6 Å². The molecule has 146 valence electrons. The maximum absolute atomic E-state index is 12.1. The monoisotopic (exact) mass is 378 g/mol. The minimum absolute atomic E-state index is 0.0918. The Labute approximate surface area is 165 Å². The van der Waals surface area contributed by atoms with Crippen molar-refractivity contribution in [2.24, 2.45) is 0 Å². The number of nitrogens with one attached hydrogen (secondary N) is 1. The summed E-state index contributed by atoms with van der Waals surface area (Å²) in [7, 11) is 0. The van der Waals surface area contributed by atoms with Crippen molar-refractivity contribution in [1.82, 2.24) is 19.8 Å². The Hall–Kier alpha value is -2.86. The highest BCUT2D eigenvalue weighted by Crippen LogP contribution is 2.36. The molecule has 1 unspecified atom stereocenters. The van der Waals surface area contributed by atoms with Gasteiger partial charge in [-0.1, -0.05) is 24.3 Å². The summed E-state index contributed by atoms with van der Waals surface area (Å²) in [6.07, 6.45) is 3.54. The second kappa shape index (κ2) is 8.02. The van der Waals surface area contributed by atoms with Crippen LogP contribution in [0.1, 0.15) is 29.8 Å². The Bertz CT molecular complexity index is 946. The number of rotatable bonds is 4. The number of pyridine rings is 1. The number of benzene rings is 1. The number of carbonyl (C=O) groups is 1. The lowest BCUT2D eigenvalue weighted by molar-refractivity contribution is 0.0715. The third kappa shape index (κ3) is 3.47. The first-order valence-corrected chi connectivity index (χ1v) is 9.82. The molecule has 0 radical (unpaired) electrons. The maximum atomic E-state index is 12.1. The molecule has 0 saturated carbocycles. The molecule has 6 nitrogen and oxygen atoms in total. The largest absolute Gasteiger partial charge is 0.450 e. The lowest BCUT2D eigenvalue weighted by Gasteiger charge is -2.39. The van der Waals surface area contributed by atoms with Crippen molar-refractivity contribution in [2.75, 3.05) is 32.8 Å². The highest BCUT2D eigenvalue weighted by atomic mass is 16.6. The zero-order valence-electron chi connectivity index (χ0n) is 16.4. The van der Waals surface area contributed by atoms with Gasteiger partial charge >= 0.3 is 6.09 Å². The summed E-state index contributed by atoms with van der Waals surface area (Å²) in [6.45, 7) is 7.29. The lowest BCUT2D eigenvalue weighted by atomic mass is 9.95. The molecule has 1 fully saturated rings. The Balaban J connectivity index is 1.68. The quantitative estimate of drug-likeness (QED) is 0.751. The Morgan fingerprint density at radius 2 is 1.96 bits per heavy atom. The number of fused-ring (bicyclic) bond motifs is 1. The summed E-state index contributed by atoms with van der Waals surface area (Å²) in [5.41, 5.74) is 4.77. The molecule has 0 bridgehead atoms. The van der Waals surface area contributed by atoms with Crippen LogP contribution in [0.3, 0.4) is 0 Å². The number of carbonyl (C=O) groups excluding carboxylic acids is 1. The van der Waals surface area contributed by atoms with E-state index in [1.54, 1.807) is 11.1 Å². The van der Waals surface area contributed by atoms with E-state index in [1.165, 1.54) is 22.2 Å². The number of amides is 1. The summed E-state index contributed by atoms with van der Waals surface area (Å²) in [6, 6.07) is 12.6. The fraction of sp³-hybridized carbons (Fsp3) is 0.364. The predicted octanol–water partition coefficient (Wildman–Crippen LogP) is 3.73. The van der Waals surface area contributed by atoms with Crippen LogP contribution < -0.4 is 0 Å². The average Bonchev–Trinajstić information content (AvgIpc) is 3.06. The first-order valence-electron chi connectivity index (χ1n) is 9.82. The van der Waals surface area contributed by atoms with E-state index < -0.39 is 0 Å². The van der Waals surface area contributed by atoms with E-state index >= 15 is 0 Å². The number of hydrogen-bond donors (Lipinski definition) is 1. The van der Waals surface area contributed by atoms with Crippen LogP contribution in [0, 0.1) is 6.92 Å². The highest BCUT2D eigenvalue weighted by Gasteiger charge is 2.31. The van der Waals surface area contributed by atoms with Crippen molar-refractivity contribution >= 4 is 17.0 Å². The van der Waals surface area contributed by atoms with Crippen LogP contribution in [0.15, 0.2) is 48.8 Å². The number of aromatic nitrogens is 2. The van der Waals surface area contributed by atoms with Gasteiger partial charge in [-0.05, 0) is 31.5 Å². The molecule has 3 heterocycles. The van der Waals surface area contributed by atoms with Crippen molar-refractivity contribution in [2.45, 2.75) is 19.9 Å². The number of piperazine rings is 1. The summed E-state index contributed by atoms with van der Waals surface area (Å²) in [5, 5.41) is 1.24. The number of hydrogen-bond acceptors (Lipinski definition) is 4. The van der Waals surface area contributed by atoms with Crippen LogP contribution in [0.25, 0.3) is 10.9 Å². The second-order valence-corrected chi connectivity index (χ2v) is 7.12. The van der Waals surface area contributed by atoms with Gasteiger partial charge in [0, 0.05) is 60.7 Å². The molecule has 28 heavy (non-hydrogen) atoms. The molecule has 4 rings (SSSR count). The first kappa shape index (κ1) is 18.5. The fourth-order valence-corrected chi connectivity index (χ4v) is 4.13. The number of aryl methyl sites for hydroxylation is 1. The molecule has 0 aliphatic carbocycles. The van der Waals surface area contributed by atoms with Crippen molar-refractivity contribution in [1.29, 1.82) is 0 Å². The molecule has 0 spiro atoms. The highest BCUT2D eigenvalue weighted by molar-refractivity contribution is 5.85. The van der Waals surface area contributed by atoms with Gasteiger partial charge in [-0.2, -0.15) is 0 Å². The number of aromatic amines is 1. The molecule has 3 aromatic rings. The number of nitrogens with zero attached hydrogens (tertiary/aromatic N) is 3. The van der Waals surface area contributed by atoms with Crippen molar-refractivity contribution in [3.63, 3.8) is 0 Å². The van der Waals surface area contributed by atoms with Gasteiger partial charge in [0.05, 0.1) is 12.6 Å². The molecule has 1 aliphatic heterocycles. The summed E-state index contributed by atoms with van der Waals surface area (Å²) >= 11 is 0. The molecule has 1 N–H and O–H groups in total. The van der Waals surface area contributed by atoms with E-state index in [9.17, 15) is 4.79 Å². The fourth-order valence-electron chi connectivity index (χ4n) is 4.13. The van der Waals surface area contributed by atoms with Gasteiger partial charge < -0.3 is 14.6 Å². The van der Waals surface area contributed by atoms with Gasteiger partial charge in [0.1, 0.15) is 0 Å². The van der Waals surface area contributed by atoms with E-state index in [1.807, 2.05) is 19.2 Å². The normalized spacial score (nSPS) is 16.3. The first-order chi connectivity index (χ1) is 13.7. The van der Waals surface area contributed by atoms with Gasteiger partial charge in [0.2, 0.25) is 0 Å². The Morgan fingerprint density at radius 3 is 2.68 bits per heavy atom. The number of ether oxygens (including phenoxy) is 1. The third-order valence-electron chi connectivity index (χ3n) is 5.42. The van der Waals surface area contributed by atoms with Crippen molar-refractivity contribution in [3.8, 4) is 0 Å². The van der Waals surface area contributed by atoms with Gasteiger partial charge in [-0.25, -0.2) is 4.79 Å². The molecular formula is C22H26N4O2. The molecule has 1 aromatic carbocycles. The zero-order valence-corrected chi connectivity index (χ0v) is 16.4. The molecule has 2 aromatic heterocycles. The van der Waals surface area contributed by atoms with Crippen LogP contribution in [0.5, 0.6) is 0 Å². The molecule has 1 amide bonds. The van der Waals surface area contributed by atoms with Gasteiger partial charge in [0.15, 0.2) is 0 Å². The minimum atomic E-state index is -0.219. The number of H-pyrrole nitrogens is 1. The van der Waals surface area contributed by atoms with E-state index in [0.717, 1.165) is 18.6 Å². The Kier molecular flexibility index (Phi) is 5.30. The molecule has 6 heteroatoms. The smallest absolute Gasteiger partial charge is 0.409 e. The number of para-hydroxylation sites is 1. The predicted molar refractivity (Wildman–Crippen MR) is 109 cm³/mol. The van der Waals surface area contributed by atoms with Gasteiger partial charge in [0.25, 0.3) is 0 Å². The molecule has 1 saturated heterocycles. The molecule has 1 atom stereocenters. The third-order valence-corrected chi connectivity index (χ3v) is 5.42. The topological polar surface area (TPSA) is 61.5 Å². The van der Waals surface area contributed by atoms with Crippen LogP contribution in [0.2, 0.25) is 0 Å². The minimum Gasteiger partial charge on any atom is -0.450 e. The Morgan fingerprint density at radius 1 is 1.18 bits per heavy atom. The van der Waals surface area contributed by atoms with Crippen LogP contribution in [-0.2, 0) is 4.74 Å². The standard InChI is InChI=1S/C22H26N4O2/c1-3-28-22(27)26-13-11-25(12-14-26)21(17-7-6-10-23-15-17)20-16(2)24-19-9-5-4-8-18(19)20/h4-10,15,21,24H,3,11-14H2,1-2H3. The van der Waals surface area contributed by atoms with Gasteiger partial charge in [-0.3, -0.25) is 9.88 Å². The molecule has 1 aliphatic rings. The lowest BCUT2D eigenvalue weighted by Crippen LogP contribution is -2.50. The van der Waals surface area contributed by atoms with Crippen molar-refractivity contribution in [3.05, 3.63) is 65.6 Å². The summed E-state index contributed by atoms with van der Waals surface area (Å²) in [4.78, 5) is 24.2. The summed E-state index contributed by atoms with van der Waals surface area (Å²) < 4.78 is 5.16. The summed E-state index contributed by atoms with van der Waals surface area (Å²) in [5.74, 6) is 0. The van der Waals surface area contributed by atoms with E-state index in [4.69, 9.17) is 4.74 Å². The van der Waals surface area contributed by atoms with Gasteiger partial charge in [-0.15, -0.1) is 0 Å². The average molecular weight is 378 g/mol. The van der Waals surface area contributed by atoms with E-state index in [2.05, 4.69) is 52.1 Å². The maximum Gasteiger partial charge on any atom is 0.409 e. The van der Waals surface area contributed by atoms with Crippen molar-refractivity contribution < 1.29 is 9.53 Å². The SMILES string of the molecule is CCOC(=O)N1CCN(C(c2cccnc2)c2c(C)[nH]c3ccccc23)CC1. The van der Waals surface area contributed by atoms with Crippen LogP contribution in [0.4, 0.5) is 4.79 Å². The van der Waals surface area contributed by atoms with E-state index in [-0.39, 0.29) is 12.1 Å². The molecular weight excluding hydrogens is 352 g/mol. The van der Waals surface area contributed by atoms with Crippen LogP contribution >= 0.6 is 0 Å². The van der Waals surface area contributed by atoms with E-state index in [0.29, 0.717) is 19.7 Å². The zero-order chi connectivity index (χ0) is 19.5. The second-order valence-electron chi connectivity index (χ2n) is 7.12.